The average molecular weight is 245 g/mol. The molecule has 1 fully saturated rings. The maximum Gasteiger partial charge on any atom is 0.0818 e. The molecule has 0 amide bonds. The largest absolute Gasteiger partial charge is 0.375 e. The van der Waals surface area contributed by atoms with E-state index in [2.05, 4.69) is 19.3 Å². The summed E-state index contributed by atoms with van der Waals surface area (Å²) in [6.07, 6.45) is 8.55. The Hall–Kier alpha value is 0.270. The molecule has 16 heavy (non-hydrogen) atoms. The molecule has 1 rings (SSSR count). The van der Waals surface area contributed by atoms with Crippen molar-refractivity contribution in [1.82, 2.24) is 5.32 Å². The van der Waals surface area contributed by atoms with Crippen LogP contribution in [0.3, 0.4) is 0 Å². The molecule has 1 aliphatic rings. The number of hydrogen-bond acceptors (Lipinski definition) is 3. The fourth-order valence-corrected chi connectivity index (χ4v) is 3.16. The third kappa shape index (κ3) is 5.55. The molecule has 2 atom stereocenters. The van der Waals surface area contributed by atoms with Gasteiger partial charge in [0.05, 0.1) is 12.7 Å². The van der Waals surface area contributed by atoms with Gasteiger partial charge in [0.2, 0.25) is 0 Å². The van der Waals surface area contributed by atoms with Gasteiger partial charge in [0.15, 0.2) is 0 Å². The molecule has 0 bridgehead atoms. The lowest BCUT2D eigenvalue weighted by Gasteiger charge is -2.30. The van der Waals surface area contributed by atoms with E-state index in [1.165, 1.54) is 50.0 Å². The van der Waals surface area contributed by atoms with Gasteiger partial charge >= 0.3 is 0 Å². The highest BCUT2D eigenvalue weighted by Gasteiger charge is 2.22. The first-order chi connectivity index (χ1) is 7.88. The van der Waals surface area contributed by atoms with Crippen LogP contribution < -0.4 is 5.32 Å². The quantitative estimate of drug-likeness (QED) is 0.664. The Morgan fingerprint density at radius 3 is 2.75 bits per heavy atom. The van der Waals surface area contributed by atoms with E-state index < -0.39 is 0 Å². The Balaban J connectivity index is 2.10. The summed E-state index contributed by atoms with van der Waals surface area (Å²) in [7, 11) is 2.07. The molecule has 0 aliphatic carbocycles. The lowest BCUT2D eigenvalue weighted by molar-refractivity contribution is 0.0462. The Morgan fingerprint density at radius 1 is 1.31 bits per heavy atom. The molecule has 1 heterocycles. The van der Waals surface area contributed by atoms with E-state index in [0.717, 1.165) is 6.61 Å². The Morgan fingerprint density at radius 2 is 2.12 bits per heavy atom. The smallest absolute Gasteiger partial charge is 0.0818 e. The zero-order valence-corrected chi connectivity index (χ0v) is 11.7. The van der Waals surface area contributed by atoms with Gasteiger partial charge in [0.25, 0.3) is 0 Å². The number of hydrogen-bond donors (Lipinski definition) is 1. The van der Waals surface area contributed by atoms with Gasteiger partial charge in [-0.15, -0.1) is 0 Å². The van der Waals surface area contributed by atoms with E-state index in [-0.39, 0.29) is 0 Å². The van der Waals surface area contributed by atoms with Crippen molar-refractivity contribution in [2.75, 3.05) is 25.2 Å². The van der Waals surface area contributed by atoms with Crippen molar-refractivity contribution >= 4 is 11.8 Å². The van der Waals surface area contributed by atoms with Crippen molar-refractivity contribution < 1.29 is 4.74 Å². The maximum atomic E-state index is 5.83. The maximum absolute atomic E-state index is 5.83. The first-order valence-electron chi connectivity index (χ1n) is 6.75. The number of unbranched alkanes of at least 4 members (excludes halogenated alkanes) is 4. The SMILES string of the molecule is CCCCCCCC(NC)C1CSCCO1. The van der Waals surface area contributed by atoms with Crippen molar-refractivity contribution in [1.29, 1.82) is 0 Å². The van der Waals surface area contributed by atoms with Gasteiger partial charge in [-0.05, 0) is 13.5 Å². The minimum Gasteiger partial charge on any atom is -0.375 e. The number of ether oxygens (including phenoxy) is 1. The molecular formula is C13H27NOS. The molecule has 3 heteroatoms. The second-order valence-electron chi connectivity index (χ2n) is 4.58. The van der Waals surface area contributed by atoms with Crippen LogP contribution in [0.1, 0.15) is 45.4 Å². The van der Waals surface area contributed by atoms with E-state index >= 15 is 0 Å². The molecule has 0 aromatic heterocycles. The Labute approximate surface area is 105 Å². The number of nitrogens with one attached hydrogen (secondary N) is 1. The van der Waals surface area contributed by atoms with Crippen molar-refractivity contribution in [3.8, 4) is 0 Å². The molecule has 96 valence electrons. The molecule has 2 unspecified atom stereocenters. The van der Waals surface area contributed by atoms with Crippen LogP contribution in [0.2, 0.25) is 0 Å². The Kier molecular flexibility index (Phi) is 8.34. The monoisotopic (exact) mass is 245 g/mol. The molecule has 0 aromatic carbocycles. The van der Waals surface area contributed by atoms with Gasteiger partial charge in [-0.2, -0.15) is 11.8 Å². The summed E-state index contributed by atoms with van der Waals surface area (Å²) in [5.41, 5.74) is 0. The highest BCUT2D eigenvalue weighted by atomic mass is 32.2. The minimum absolute atomic E-state index is 0.440. The van der Waals surface area contributed by atoms with Crippen LogP contribution in [0.25, 0.3) is 0 Å². The standard InChI is InChI=1S/C13H27NOS/c1-3-4-5-6-7-8-12(14-2)13-11-16-10-9-15-13/h12-14H,3-11H2,1-2H3. The molecule has 0 radical (unpaired) electrons. The summed E-state index contributed by atoms with van der Waals surface area (Å²) in [5, 5.41) is 3.42. The molecule has 0 aromatic rings. The van der Waals surface area contributed by atoms with Crippen LogP contribution in [0.15, 0.2) is 0 Å². The summed E-state index contributed by atoms with van der Waals surface area (Å²) < 4.78 is 5.83. The number of thioether (sulfide) groups is 1. The van der Waals surface area contributed by atoms with Crippen LogP contribution in [-0.2, 0) is 4.74 Å². The fraction of sp³-hybridized carbons (Fsp3) is 1.00. The van der Waals surface area contributed by atoms with Gasteiger partial charge in [0, 0.05) is 17.5 Å². The summed E-state index contributed by atoms with van der Waals surface area (Å²) in [5.74, 6) is 2.34. The van der Waals surface area contributed by atoms with E-state index in [0.29, 0.717) is 12.1 Å². The average Bonchev–Trinajstić information content (AvgIpc) is 2.35. The topological polar surface area (TPSA) is 21.3 Å². The number of rotatable bonds is 8. The molecule has 1 N–H and O–H groups in total. The van der Waals surface area contributed by atoms with Crippen LogP contribution in [-0.4, -0.2) is 37.3 Å². The van der Waals surface area contributed by atoms with E-state index in [4.69, 9.17) is 4.74 Å². The normalized spacial score (nSPS) is 23.2. The van der Waals surface area contributed by atoms with E-state index in [1.807, 2.05) is 11.8 Å². The molecule has 1 aliphatic heterocycles. The van der Waals surface area contributed by atoms with Gasteiger partial charge in [-0.1, -0.05) is 39.0 Å². The van der Waals surface area contributed by atoms with Crippen LogP contribution in [0, 0.1) is 0 Å². The zero-order chi connectivity index (χ0) is 11.6. The fourth-order valence-electron chi connectivity index (χ4n) is 2.22. The van der Waals surface area contributed by atoms with E-state index in [9.17, 15) is 0 Å². The van der Waals surface area contributed by atoms with Gasteiger partial charge in [0.1, 0.15) is 0 Å². The highest BCUT2D eigenvalue weighted by molar-refractivity contribution is 7.99. The molecule has 0 spiro atoms. The Bertz CT molecular complexity index is 160. The van der Waals surface area contributed by atoms with E-state index in [1.54, 1.807) is 0 Å². The lowest BCUT2D eigenvalue weighted by Crippen LogP contribution is -2.43. The third-order valence-electron chi connectivity index (χ3n) is 3.28. The lowest BCUT2D eigenvalue weighted by atomic mass is 10.0. The first-order valence-corrected chi connectivity index (χ1v) is 7.90. The molecule has 2 nitrogen and oxygen atoms in total. The molecular weight excluding hydrogens is 218 g/mol. The van der Waals surface area contributed by atoms with Crippen molar-refractivity contribution in [3.63, 3.8) is 0 Å². The van der Waals surface area contributed by atoms with Gasteiger partial charge in [-0.3, -0.25) is 0 Å². The van der Waals surface area contributed by atoms with Crippen LogP contribution in [0.4, 0.5) is 0 Å². The molecule has 0 saturated carbocycles. The highest BCUT2D eigenvalue weighted by Crippen LogP contribution is 2.18. The van der Waals surface area contributed by atoms with Crippen molar-refractivity contribution in [3.05, 3.63) is 0 Å². The first kappa shape index (κ1) is 14.3. The van der Waals surface area contributed by atoms with Gasteiger partial charge in [-0.25, -0.2) is 0 Å². The van der Waals surface area contributed by atoms with Crippen molar-refractivity contribution in [2.45, 2.75) is 57.6 Å². The second kappa shape index (κ2) is 9.32. The number of likely N-dealkylation sites (N-methyl/N-ethyl adjacent to an activating group) is 1. The molecule has 1 saturated heterocycles. The summed E-state index contributed by atoms with van der Waals surface area (Å²) >= 11 is 2.03. The summed E-state index contributed by atoms with van der Waals surface area (Å²) in [6.45, 7) is 3.20. The van der Waals surface area contributed by atoms with Crippen LogP contribution in [0.5, 0.6) is 0 Å². The summed E-state index contributed by atoms with van der Waals surface area (Å²) in [6, 6.07) is 0.564. The zero-order valence-electron chi connectivity index (χ0n) is 10.8. The third-order valence-corrected chi connectivity index (χ3v) is 4.30. The minimum atomic E-state index is 0.440. The summed E-state index contributed by atoms with van der Waals surface area (Å²) in [4.78, 5) is 0. The van der Waals surface area contributed by atoms with Crippen LogP contribution >= 0.6 is 11.8 Å². The van der Waals surface area contributed by atoms with Crippen molar-refractivity contribution in [2.24, 2.45) is 0 Å². The predicted octanol–water partition coefficient (Wildman–Crippen LogP) is 3.07. The second-order valence-corrected chi connectivity index (χ2v) is 5.73. The van der Waals surface area contributed by atoms with Gasteiger partial charge < -0.3 is 10.1 Å². The predicted molar refractivity (Wildman–Crippen MR) is 73.3 cm³/mol.